The van der Waals surface area contributed by atoms with Gasteiger partial charge in [0.15, 0.2) is 0 Å². The number of carboxylic acids is 1. The number of benzene rings is 2. The SMILES string of the molecule is CC(C)NCCCn1cc(-c2c(C#N)[nH]c(=O)n2-c2cn(C)c3ccccc23)c2ccccc21.O=C(O)C(F)(F)F. The first-order valence-corrected chi connectivity index (χ1v) is 12.8. The van der Waals surface area contributed by atoms with E-state index in [4.69, 9.17) is 9.90 Å². The first-order chi connectivity index (χ1) is 19.4. The molecule has 0 radical (unpaired) electrons. The number of aliphatic carboxylic acids is 1. The summed E-state index contributed by atoms with van der Waals surface area (Å²) in [6, 6.07) is 18.8. The van der Waals surface area contributed by atoms with E-state index in [2.05, 4.69) is 53.1 Å². The molecular formula is C29H29F3N6O3. The van der Waals surface area contributed by atoms with E-state index in [9.17, 15) is 23.2 Å². The van der Waals surface area contributed by atoms with Crippen LogP contribution in [0.25, 0.3) is 38.8 Å². The first kappa shape index (κ1) is 29.2. The van der Waals surface area contributed by atoms with Gasteiger partial charge in [-0.2, -0.15) is 18.4 Å². The van der Waals surface area contributed by atoms with Gasteiger partial charge in [0, 0.05) is 59.4 Å². The van der Waals surface area contributed by atoms with Crippen LogP contribution in [0.5, 0.6) is 0 Å². The molecule has 0 amide bonds. The van der Waals surface area contributed by atoms with Crippen molar-refractivity contribution < 1.29 is 23.1 Å². The number of aromatic amines is 1. The van der Waals surface area contributed by atoms with Gasteiger partial charge in [0.05, 0.1) is 11.4 Å². The molecule has 0 unspecified atom stereocenters. The van der Waals surface area contributed by atoms with Crippen LogP contribution in [0.2, 0.25) is 0 Å². The second kappa shape index (κ2) is 11.8. The second-order valence-corrected chi connectivity index (χ2v) is 9.76. The molecule has 9 nitrogen and oxygen atoms in total. The predicted molar refractivity (Wildman–Crippen MR) is 150 cm³/mol. The summed E-state index contributed by atoms with van der Waals surface area (Å²) in [5.41, 5.74) is 4.28. The Morgan fingerprint density at radius 3 is 2.29 bits per heavy atom. The van der Waals surface area contributed by atoms with Gasteiger partial charge in [-0.05, 0) is 25.1 Å². The highest BCUT2D eigenvalue weighted by atomic mass is 19.4. The maximum atomic E-state index is 13.2. The Morgan fingerprint density at radius 2 is 1.68 bits per heavy atom. The zero-order chi connectivity index (χ0) is 29.9. The second-order valence-electron chi connectivity index (χ2n) is 9.76. The maximum absolute atomic E-state index is 13.2. The number of rotatable bonds is 7. The highest BCUT2D eigenvalue weighted by Crippen LogP contribution is 2.35. The lowest BCUT2D eigenvalue weighted by atomic mass is 10.1. The van der Waals surface area contributed by atoms with Crippen molar-refractivity contribution in [2.45, 2.75) is 39.0 Å². The number of aromatic nitrogens is 4. The molecule has 3 aromatic heterocycles. The van der Waals surface area contributed by atoms with Crippen molar-refractivity contribution in [1.29, 1.82) is 5.26 Å². The molecule has 0 bridgehead atoms. The molecular weight excluding hydrogens is 537 g/mol. The van der Waals surface area contributed by atoms with Crippen LogP contribution in [0.3, 0.4) is 0 Å². The Hall–Kier alpha value is -4.76. The Labute approximate surface area is 233 Å². The van der Waals surface area contributed by atoms with E-state index in [0.29, 0.717) is 11.7 Å². The molecule has 0 fully saturated rings. The number of halogens is 3. The molecule has 0 saturated heterocycles. The van der Waals surface area contributed by atoms with Crippen LogP contribution in [0.4, 0.5) is 13.2 Å². The number of alkyl halides is 3. The van der Waals surface area contributed by atoms with Crippen LogP contribution in [0, 0.1) is 11.3 Å². The van der Waals surface area contributed by atoms with Crippen LogP contribution >= 0.6 is 0 Å². The van der Waals surface area contributed by atoms with Crippen molar-refractivity contribution in [2.75, 3.05) is 6.54 Å². The van der Waals surface area contributed by atoms with Crippen molar-refractivity contribution >= 4 is 27.8 Å². The standard InChI is InChI=1S/C27H28N6O.C2HF3O2/c1-18(2)29-13-8-14-32-16-21(19-9-4-7-12-24(19)32)26-22(15-28)30-27(34)33(26)25-17-31(3)23-11-6-5-10-20(23)25;3-2(4,5)1(6)7/h4-7,9-12,16-18,29H,8,13-14H2,1-3H3,(H,30,34);(H,6,7). The van der Waals surface area contributed by atoms with Crippen molar-refractivity contribution in [3.63, 3.8) is 0 Å². The van der Waals surface area contributed by atoms with E-state index in [1.807, 2.05) is 54.2 Å². The van der Waals surface area contributed by atoms with Crippen LogP contribution in [0.1, 0.15) is 26.0 Å². The van der Waals surface area contributed by atoms with E-state index >= 15 is 0 Å². The molecule has 5 aromatic rings. The fourth-order valence-electron chi connectivity index (χ4n) is 4.76. The summed E-state index contributed by atoms with van der Waals surface area (Å²) in [4.78, 5) is 24.9. The molecule has 214 valence electrons. The molecule has 3 N–H and O–H groups in total. The average Bonchev–Trinajstić information content (AvgIpc) is 3.57. The van der Waals surface area contributed by atoms with Gasteiger partial charge in [-0.15, -0.1) is 0 Å². The molecule has 41 heavy (non-hydrogen) atoms. The Bertz CT molecular complexity index is 1800. The zero-order valence-corrected chi connectivity index (χ0v) is 22.7. The molecule has 0 saturated carbocycles. The van der Waals surface area contributed by atoms with E-state index < -0.39 is 12.1 Å². The Morgan fingerprint density at radius 1 is 1.07 bits per heavy atom. The summed E-state index contributed by atoms with van der Waals surface area (Å²) >= 11 is 0. The van der Waals surface area contributed by atoms with E-state index in [1.54, 1.807) is 4.57 Å². The lowest BCUT2D eigenvalue weighted by molar-refractivity contribution is -0.192. The zero-order valence-electron chi connectivity index (χ0n) is 22.7. The van der Waals surface area contributed by atoms with Gasteiger partial charge in [0.1, 0.15) is 11.8 Å². The number of fused-ring (bicyclic) bond motifs is 2. The summed E-state index contributed by atoms with van der Waals surface area (Å²) in [5.74, 6) is -2.76. The number of H-pyrrole nitrogens is 1. The number of nitrogens with one attached hydrogen (secondary N) is 2. The fourth-order valence-corrected chi connectivity index (χ4v) is 4.76. The molecule has 0 atom stereocenters. The Kier molecular flexibility index (Phi) is 8.39. The largest absolute Gasteiger partial charge is 0.490 e. The summed E-state index contributed by atoms with van der Waals surface area (Å²) in [5, 5.41) is 22.5. The minimum Gasteiger partial charge on any atom is -0.475 e. The van der Waals surface area contributed by atoms with Crippen molar-refractivity contribution in [1.82, 2.24) is 24.0 Å². The third-order valence-corrected chi connectivity index (χ3v) is 6.54. The number of hydrogen-bond donors (Lipinski definition) is 3. The third kappa shape index (κ3) is 6.05. The number of carboxylic acid groups (broad SMARTS) is 1. The number of para-hydroxylation sites is 2. The lowest BCUT2D eigenvalue weighted by Gasteiger charge is -2.09. The number of hydrogen-bond acceptors (Lipinski definition) is 4. The minimum absolute atomic E-state index is 0.266. The summed E-state index contributed by atoms with van der Waals surface area (Å²) in [7, 11) is 1.96. The molecule has 2 aromatic carbocycles. The first-order valence-electron chi connectivity index (χ1n) is 12.8. The summed E-state index contributed by atoms with van der Waals surface area (Å²) in [6.07, 6.45) is -0.0862. The van der Waals surface area contributed by atoms with Gasteiger partial charge in [-0.3, -0.25) is 9.55 Å². The normalized spacial score (nSPS) is 11.6. The maximum Gasteiger partial charge on any atom is 0.490 e. The monoisotopic (exact) mass is 566 g/mol. The number of nitrogens with zero attached hydrogens (tertiary/aromatic N) is 4. The minimum atomic E-state index is -5.08. The van der Waals surface area contributed by atoms with Crippen LogP contribution in [0.15, 0.2) is 65.7 Å². The highest BCUT2D eigenvalue weighted by molar-refractivity contribution is 5.98. The highest BCUT2D eigenvalue weighted by Gasteiger charge is 2.38. The summed E-state index contributed by atoms with van der Waals surface area (Å²) < 4.78 is 37.6. The number of nitriles is 1. The van der Waals surface area contributed by atoms with Gasteiger partial charge >= 0.3 is 17.8 Å². The fraction of sp³-hybridized carbons (Fsp3) is 0.276. The Balaban J connectivity index is 0.000000493. The van der Waals surface area contributed by atoms with Crippen molar-refractivity contribution in [3.05, 3.63) is 77.1 Å². The molecule has 3 heterocycles. The van der Waals surface area contributed by atoms with Crippen LogP contribution < -0.4 is 11.0 Å². The number of aryl methyl sites for hydroxylation is 2. The van der Waals surface area contributed by atoms with Crippen LogP contribution in [-0.4, -0.2) is 48.5 Å². The van der Waals surface area contributed by atoms with Gasteiger partial charge in [-0.1, -0.05) is 50.2 Å². The summed E-state index contributed by atoms with van der Waals surface area (Å²) in [6.45, 7) is 6.05. The van der Waals surface area contributed by atoms with Crippen molar-refractivity contribution in [3.8, 4) is 23.0 Å². The van der Waals surface area contributed by atoms with Crippen molar-refractivity contribution in [2.24, 2.45) is 7.05 Å². The smallest absolute Gasteiger partial charge is 0.475 e. The molecule has 0 aliphatic heterocycles. The molecule has 5 rings (SSSR count). The molecule has 0 aliphatic rings. The lowest BCUT2D eigenvalue weighted by Crippen LogP contribution is -2.24. The average molecular weight is 567 g/mol. The number of carbonyl (C=O) groups is 1. The number of imidazole rings is 1. The van der Waals surface area contributed by atoms with E-state index in [0.717, 1.165) is 52.6 Å². The topological polar surface area (TPSA) is 121 Å². The van der Waals surface area contributed by atoms with E-state index in [-0.39, 0.29) is 11.4 Å². The molecule has 0 aliphatic carbocycles. The van der Waals surface area contributed by atoms with Gasteiger partial charge in [-0.25, -0.2) is 9.59 Å². The predicted octanol–water partition coefficient (Wildman–Crippen LogP) is 5.17. The molecule has 12 heteroatoms. The van der Waals surface area contributed by atoms with Crippen LogP contribution in [-0.2, 0) is 18.4 Å². The van der Waals surface area contributed by atoms with Gasteiger partial charge in [0.25, 0.3) is 0 Å². The van der Waals surface area contributed by atoms with Gasteiger partial charge in [0.2, 0.25) is 0 Å². The third-order valence-electron chi connectivity index (χ3n) is 6.54. The van der Waals surface area contributed by atoms with Gasteiger partial charge < -0.3 is 19.6 Å². The van der Waals surface area contributed by atoms with E-state index in [1.165, 1.54) is 0 Å². The molecule has 0 spiro atoms. The quantitative estimate of drug-likeness (QED) is 0.235.